The van der Waals surface area contributed by atoms with Crippen molar-refractivity contribution in [3.63, 3.8) is 0 Å². The second-order valence-electron chi connectivity index (χ2n) is 4.72. The van der Waals surface area contributed by atoms with Crippen LogP contribution in [0.2, 0.25) is 0 Å². The van der Waals surface area contributed by atoms with Crippen molar-refractivity contribution in [1.82, 2.24) is 10.2 Å². The first-order valence-corrected chi connectivity index (χ1v) is 7.14. The zero-order valence-corrected chi connectivity index (χ0v) is 11.2. The van der Waals surface area contributed by atoms with Crippen LogP contribution in [0.25, 0.3) is 0 Å². The van der Waals surface area contributed by atoms with Crippen LogP contribution in [-0.2, 0) is 9.53 Å². The van der Waals surface area contributed by atoms with Crippen molar-refractivity contribution in [3.8, 4) is 0 Å². The number of hydrogen-bond acceptors (Lipinski definition) is 4. The molecule has 102 valence electrons. The molecule has 6 nitrogen and oxygen atoms in total. The fourth-order valence-corrected chi connectivity index (χ4v) is 3.35. The summed E-state index contributed by atoms with van der Waals surface area (Å²) in [6.07, 6.45) is 3.00. The number of carbonyl (C=O) groups is 2. The van der Waals surface area contributed by atoms with Crippen LogP contribution in [-0.4, -0.2) is 58.9 Å². The molecule has 0 aromatic rings. The van der Waals surface area contributed by atoms with Crippen LogP contribution in [0.1, 0.15) is 19.3 Å². The lowest BCUT2D eigenvalue weighted by Gasteiger charge is -2.40. The van der Waals surface area contributed by atoms with E-state index in [0.717, 1.165) is 19.3 Å². The number of ether oxygens (including phenoxy) is 1. The van der Waals surface area contributed by atoms with Crippen molar-refractivity contribution in [2.75, 3.05) is 25.3 Å². The monoisotopic (exact) mass is 274 g/mol. The fourth-order valence-electron chi connectivity index (χ4n) is 2.21. The lowest BCUT2D eigenvalue weighted by molar-refractivity contribution is -0.140. The minimum Gasteiger partial charge on any atom is -0.480 e. The van der Waals surface area contributed by atoms with E-state index in [-0.39, 0.29) is 11.6 Å². The van der Waals surface area contributed by atoms with Crippen molar-refractivity contribution in [2.24, 2.45) is 0 Å². The van der Waals surface area contributed by atoms with Crippen molar-refractivity contribution in [1.29, 1.82) is 0 Å². The largest absolute Gasteiger partial charge is 0.480 e. The van der Waals surface area contributed by atoms with Gasteiger partial charge in [-0.25, -0.2) is 9.59 Å². The molecule has 2 N–H and O–H groups in total. The van der Waals surface area contributed by atoms with Crippen LogP contribution < -0.4 is 5.32 Å². The van der Waals surface area contributed by atoms with Gasteiger partial charge in [0.05, 0.1) is 11.5 Å². The molecule has 1 saturated carbocycles. The van der Waals surface area contributed by atoms with Gasteiger partial charge in [0, 0.05) is 19.4 Å². The number of nitrogens with zero attached hydrogens (tertiary/aromatic N) is 1. The first-order valence-electron chi connectivity index (χ1n) is 5.98. The molecule has 1 aliphatic carbocycles. The average Bonchev–Trinajstić information content (AvgIpc) is 2.76. The Morgan fingerprint density at radius 2 is 2.28 bits per heavy atom. The molecule has 2 aliphatic rings. The summed E-state index contributed by atoms with van der Waals surface area (Å²) in [4.78, 5) is 24.3. The third kappa shape index (κ3) is 2.56. The molecule has 0 aromatic heterocycles. The van der Waals surface area contributed by atoms with Crippen LogP contribution in [0, 0.1) is 0 Å². The van der Waals surface area contributed by atoms with Crippen LogP contribution in [0.15, 0.2) is 0 Å². The Balaban J connectivity index is 1.86. The summed E-state index contributed by atoms with van der Waals surface area (Å²) in [5.74, 6) is -0.0544. The molecule has 2 amide bonds. The maximum atomic E-state index is 11.9. The second kappa shape index (κ2) is 5.36. The Bertz CT molecular complexity index is 340. The molecule has 2 fully saturated rings. The third-order valence-electron chi connectivity index (χ3n) is 3.69. The van der Waals surface area contributed by atoms with Gasteiger partial charge < -0.3 is 20.1 Å². The van der Waals surface area contributed by atoms with E-state index < -0.39 is 12.0 Å². The Hall–Kier alpha value is -0.950. The fraction of sp³-hybridized carbons (Fsp3) is 0.818. The van der Waals surface area contributed by atoms with Crippen LogP contribution in [0.4, 0.5) is 4.79 Å². The SMILES string of the molecule is COC1(CNC(=O)N2CSCC2C(=O)O)CCC1. The third-order valence-corrected chi connectivity index (χ3v) is 4.70. The number of nitrogens with one attached hydrogen (secondary N) is 1. The summed E-state index contributed by atoms with van der Waals surface area (Å²) >= 11 is 1.46. The van der Waals surface area contributed by atoms with E-state index in [9.17, 15) is 9.59 Å². The zero-order valence-electron chi connectivity index (χ0n) is 10.3. The van der Waals surface area contributed by atoms with E-state index in [1.165, 1.54) is 16.7 Å². The molecule has 1 aliphatic heterocycles. The normalized spacial score (nSPS) is 25.6. The minimum atomic E-state index is -0.944. The van der Waals surface area contributed by atoms with Crippen molar-refractivity contribution >= 4 is 23.8 Å². The molecule has 0 bridgehead atoms. The van der Waals surface area contributed by atoms with Gasteiger partial charge in [0.1, 0.15) is 6.04 Å². The lowest BCUT2D eigenvalue weighted by Crippen LogP contribution is -2.54. The number of carboxylic acids is 1. The van der Waals surface area contributed by atoms with E-state index in [0.29, 0.717) is 18.2 Å². The summed E-state index contributed by atoms with van der Waals surface area (Å²) < 4.78 is 5.41. The Labute approximate surface area is 110 Å². The van der Waals surface area contributed by atoms with Gasteiger partial charge >= 0.3 is 12.0 Å². The van der Waals surface area contributed by atoms with Gasteiger partial charge in [0.15, 0.2) is 0 Å². The molecule has 1 heterocycles. The van der Waals surface area contributed by atoms with E-state index in [1.807, 2.05) is 0 Å². The maximum absolute atomic E-state index is 11.9. The minimum absolute atomic E-state index is 0.235. The van der Waals surface area contributed by atoms with Gasteiger partial charge in [0.25, 0.3) is 0 Å². The lowest BCUT2D eigenvalue weighted by atomic mass is 9.80. The molecule has 0 radical (unpaired) electrons. The number of amides is 2. The Morgan fingerprint density at radius 1 is 1.56 bits per heavy atom. The van der Waals surface area contributed by atoms with Crippen LogP contribution in [0.3, 0.4) is 0 Å². The Morgan fingerprint density at radius 3 is 2.78 bits per heavy atom. The first kappa shape index (κ1) is 13.5. The summed E-state index contributed by atoms with van der Waals surface area (Å²) in [6.45, 7) is 0.454. The molecule has 1 atom stereocenters. The molecular formula is C11H18N2O4S. The highest BCUT2D eigenvalue weighted by Crippen LogP contribution is 2.34. The highest BCUT2D eigenvalue weighted by Gasteiger charge is 2.39. The van der Waals surface area contributed by atoms with Crippen molar-refractivity contribution in [2.45, 2.75) is 30.9 Å². The topological polar surface area (TPSA) is 78.9 Å². The first-order chi connectivity index (χ1) is 8.58. The summed E-state index contributed by atoms with van der Waals surface area (Å²) in [7, 11) is 1.65. The van der Waals surface area contributed by atoms with E-state index >= 15 is 0 Å². The van der Waals surface area contributed by atoms with Gasteiger partial charge in [-0.1, -0.05) is 0 Å². The highest BCUT2D eigenvalue weighted by molar-refractivity contribution is 7.99. The number of hydrogen-bond donors (Lipinski definition) is 2. The summed E-state index contributed by atoms with van der Waals surface area (Å²) in [5.41, 5.74) is -0.235. The quantitative estimate of drug-likeness (QED) is 0.790. The van der Waals surface area contributed by atoms with Gasteiger partial charge in [-0.2, -0.15) is 0 Å². The van der Waals surface area contributed by atoms with Gasteiger partial charge in [-0.3, -0.25) is 0 Å². The highest BCUT2D eigenvalue weighted by atomic mass is 32.2. The molecule has 1 unspecified atom stereocenters. The number of rotatable bonds is 4. The number of thioether (sulfide) groups is 1. The van der Waals surface area contributed by atoms with E-state index in [2.05, 4.69) is 5.32 Å². The van der Waals surface area contributed by atoms with Crippen LogP contribution in [0.5, 0.6) is 0 Å². The summed E-state index contributed by atoms with van der Waals surface area (Å²) in [6, 6.07) is -1.02. The van der Waals surface area contributed by atoms with Gasteiger partial charge in [0.2, 0.25) is 0 Å². The molecule has 18 heavy (non-hydrogen) atoms. The average molecular weight is 274 g/mol. The van der Waals surface area contributed by atoms with Crippen LogP contribution >= 0.6 is 11.8 Å². The van der Waals surface area contributed by atoms with Crippen molar-refractivity contribution < 1.29 is 19.4 Å². The van der Waals surface area contributed by atoms with E-state index in [1.54, 1.807) is 7.11 Å². The van der Waals surface area contributed by atoms with Crippen molar-refractivity contribution in [3.05, 3.63) is 0 Å². The zero-order chi connectivity index (χ0) is 13.2. The second-order valence-corrected chi connectivity index (χ2v) is 5.72. The molecule has 0 spiro atoms. The smallest absolute Gasteiger partial charge is 0.327 e. The number of carbonyl (C=O) groups excluding carboxylic acids is 1. The number of methoxy groups -OCH3 is 1. The molecule has 7 heteroatoms. The van der Waals surface area contributed by atoms with E-state index in [4.69, 9.17) is 9.84 Å². The van der Waals surface area contributed by atoms with Gasteiger partial charge in [-0.15, -0.1) is 11.8 Å². The molecular weight excluding hydrogens is 256 g/mol. The molecule has 0 aromatic carbocycles. The number of aliphatic carboxylic acids is 1. The number of urea groups is 1. The maximum Gasteiger partial charge on any atom is 0.327 e. The standard InChI is InChI=1S/C11H18N2O4S/c1-17-11(3-2-4-11)6-12-10(16)13-7-18-5-8(13)9(14)15/h8H,2-7H2,1H3,(H,12,16)(H,14,15). The predicted octanol–water partition coefficient (Wildman–Crippen LogP) is 0.725. The van der Waals surface area contributed by atoms with Gasteiger partial charge in [-0.05, 0) is 19.3 Å². The molecule has 2 rings (SSSR count). The predicted molar refractivity (Wildman–Crippen MR) is 67.6 cm³/mol. The summed E-state index contributed by atoms with van der Waals surface area (Å²) in [5, 5.41) is 11.8. The Kier molecular flexibility index (Phi) is 4.01. The number of carboxylic acid groups (broad SMARTS) is 1. The molecule has 1 saturated heterocycles.